The molecule has 0 aliphatic carbocycles. The number of benzene rings is 1. The average Bonchev–Trinajstić information content (AvgIpc) is 3.15. The molecule has 0 aliphatic rings. The van der Waals surface area contributed by atoms with Crippen molar-refractivity contribution in [3.63, 3.8) is 0 Å². The average molecular weight is 386 g/mol. The van der Waals surface area contributed by atoms with Gasteiger partial charge in [0.15, 0.2) is 0 Å². The molecule has 3 heterocycles. The van der Waals surface area contributed by atoms with Crippen LogP contribution in [0.1, 0.15) is 22.5 Å². The third kappa shape index (κ3) is 4.43. The molecule has 1 aromatic carbocycles. The molecule has 4 aromatic rings. The summed E-state index contributed by atoms with van der Waals surface area (Å²) in [5.41, 5.74) is 5.32. The second-order valence-corrected chi connectivity index (χ2v) is 6.88. The second kappa shape index (κ2) is 8.14. The van der Waals surface area contributed by atoms with Gasteiger partial charge < -0.3 is 9.47 Å². The Hall–Kier alpha value is -3.67. The molecule has 1 N–H and O–H groups in total. The summed E-state index contributed by atoms with van der Waals surface area (Å²) < 4.78 is 11.8. The van der Waals surface area contributed by atoms with Crippen LogP contribution in [0.25, 0.3) is 11.4 Å². The molecule has 0 spiro atoms. The molecule has 0 saturated heterocycles. The van der Waals surface area contributed by atoms with Gasteiger partial charge in [0.25, 0.3) is 0 Å². The molecule has 0 atom stereocenters. The van der Waals surface area contributed by atoms with E-state index in [1.165, 1.54) is 0 Å². The molecular formula is C23H22N4O2. The molecule has 0 fully saturated rings. The smallest absolute Gasteiger partial charge is 0.224 e. The summed E-state index contributed by atoms with van der Waals surface area (Å²) >= 11 is 0. The fraction of sp³-hybridized carbons (Fsp3) is 0.174. The lowest BCUT2D eigenvalue weighted by molar-refractivity contribution is 0.299. The standard InChI is InChI=1S/C23H22N4O2/c1-15-12-16(2)23(25-22(15)20-13-17(3)26-27-20)29-21-11-7-8-18(24-21)14-28-19-9-5-4-6-10-19/h4-13H,14H2,1-3H3,(H,26,27). The number of ether oxygens (including phenoxy) is 2. The fourth-order valence-corrected chi connectivity index (χ4v) is 3.00. The normalized spacial score (nSPS) is 10.7. The van der Waals surface area contributed by atoms with Gasteiger partial charge in [0.2, 0.25) is 11.8 Å². The molecular weight excluding hydrogens is 364 g/mol. The van der Waals surface area contributed by atoms with Gasteiger partial charge in [0.1, 0.15) is 18.1 Å². The van der Waals surface area contributed by atoms with Crippen molar-refractivity contribution in [2.24, 2.45) is 0 Å². The van der Waals surface area contributed by atoms with Crippen molar-refractivity contribution in [3.05, 3.63) is 83.2 Å². The van der Waals surface area contributed by atoms with Crippen LogP contribution in [0.15, 0.2) is 60.7 Å². The van der Waals surface area contributed by atoms with E-state index in [0.29, 0.717) is 18.4 Å². The summed E-state index contributed by atoms with van der Waals surface area (Å²) in [6, 6.07) is 19.3. The van der Waals surface area contributed by atoms with Crippen LogP contribution in [0.5, 0.6) is 17.5 Å². The Morgan fingerprint density at radius 2 is 1.69 bits per heavy atom. The molecule has 4 rings (SSSR count). The molecule has 0 saturated carbocycles. The van der Waals surface area contributed by atoms with Crippen molar-refractivity contribution in [1.82, 2.24) is 20.2 Å². The zero-order chi connectivity index (χ0) is 20.2. The van der Waals surface area contributed by atoms with Gasteiger partial charge in [-0.2, -0.15) is 5.10 Å². The van der Waals surface area contributed by atoms with Crippen molar-refractivity contribution >= 4 is 0 Å². The minimum atomic E-state index is 0.360. The number of aromatic nitrogens is 4. The number of hydrogen-bond donors (Lipinski definition) is 1. The van der Waals surface area contributed by atoms with Crippen molar-refractivity contribution in [2.75, 3.05) is 0 Å². The Labute approximate surface area is 169 Å². The minimum absolute atomic E-state index is 0.360. The molecule has 3 aromatic heterocycles. The highest BCUT2D eigenvalue weighted by Crippen LogP contribution is 2.28. The van der Waals surface area contributed by atoms with Crippen LogP contribution in [-0.4, -0.2) is 20.2 Å². The number of para-hydroxylation sites is 1. The summed E-state index contributed by atoms with van der Waals surface area (Å²) in [5, 5.41) is 7.27. The van der Waals surface area contributed by atoms with Gasteiger partial charge in [0, 0.05) is 17.3 Å². The van der Waals surface area contributed by atoms with Crippen molar-refractivity contribution < 1.29 is 9.47 Å². The van der Waals surface area contributed by atoms with E-state index in [0.717, 1.165) is 39.7 Å². The maximum absolute atomic E-state index is 6.01. The van der Waals surface area contributed by atoms with Gasteiger partial charge in [-0.25, -0.2) is 9.97 Å². The Bertz CT molecular complexity index is 1120. The molecule has 0 aliphatic heterocycles. The van der Waals surface area contributed by atoms with E-state index in [9.17, 15) is 0 Å². The topological polar surface area (TPSA) is 72.9 Å². The first kappa shape index (κ1) is 18.7. The third-order valence-corrected chi connectivity index (χ3v) is 4.42. The molecule has 0 amide bonds. The zero-order valence-corrected chi connectivity index (χ0v) is 16.6. The summed E-state index contributed by atoms with van der Waals surface area (Å²) in [6.07, 6.45) is 0. The number of pyridine rings is 2. The summed E-state index contributed by atoms with van der Waals surface area (Å²) in [4.78, 5) is 9.24. The minimum Gasteiger partial charge on any atom is -0.487 e. The predicted molar refractivity (Wildman–Crippen MR) is 111 cm³/mol. The van der Waals surface area contributed by atoms with E-state index >= 15 is 0 Å². The van der Waals surface area contributed by atoms with E-state index in [4.69, 9.17) is 14.5 Å². The summed E-state index contributed by atoms with van der Waals surface area (Å²) in [5.74, 6) is 1.79. The second-order valence-electron chi connectivity index (χ2n) is 6.88. The first-order chi connectivity index (χ1) is 14.1. The number of aromatic amines is 1. The third-order valence-electron chi connectivity index (χ3n) is 4.42. The van der Waals surface area contributed by atoms with Gasteiger partial charge in [-0.3, -0.25) is 5.10 Å². The number of hydrogen-bond acceptors (Lipinski definition) is 5. The first-order valence-corrected chi connectivity index (χ1v) is 9.41. The number of aryl methyl sites for hydroxylation is 3. The largest absolute Gasteiger partial charge is 0.487 e. The molecule has 29 heavy (non-hydrogen) atoms. The van der Waals surface area contributed by atoms with E-state index in [2.05, 4.69) is 15.2 Å². The predicted octanol–water partition coefficient (Wildman–Crippen LogP) is 5.16. The van der Waals surface area contributed by atoms with E-state index in [-0.39, 0.29) is 0 Å². The molecule has 6 nitrogen and oxygen atoms in total. The van der Waals surface area contributed by atoms with E-state index < -0.39 is 0 Å². The SMILES string of the molecule is Cc1cc(-c2nc(Oc3cccc(COc4ccccc4)n3)c(C)cc2C)n[nH]1. The molecule has 0 radical (unpaired) electrons. The van der Waals surface area contributed by atoms with E-state index in [1.807, 2.05) is 81.4 Å². The Balaban J connectivity index is 1.54. The zero-order valence-electron chi connectivity index (χ0n) is 16.6. The Morgan fingerprint density at radius 1 is 0.862 bits per heavy atom. The quantitative estimate of drug-likeness (QED) is 0.495. The van der Waals surface area contributed by atoms with Crippen molar-refractivity contribution in [2.45, 2.75) is 27.4 Å². The monoisotopic (exact) mass is 386 g/mol. The fourth-order valence-electron chi connectivity index (χ4n) is 3.00. The van der Waals surface area contributed by atoms with Gasteiger partial charge in [-0.15, -0.1) is 0 Å². The van der Waals surface area contributed by atoms with Crippen LogP contribution in [-0.2, 0) is 6.61 Å². The van der Waals surface area contributed by atoms with Crippen molar-refractivity contribution in [3.8, 4) is 28.9 Å². The molecule has 0 bridgehead atoms. The van der Waals surface area contributed by atoms with Crippen LogP contribution in [0.4, 0.5) is 0 Å². The lowest BCUT2D eigenvalue weighted by Crippen LogP contribution is -2.01. The van der Waals surface area contributed by atoms with E-state index in [1.54, 1.807) is 0 Å². The molecule has 146 valence electrons. The van der Waals surface area contributed by atoms with Crippen molar-refractivity contribution in [1.29, 1.82) is 0 Å². The van der Waals surface area contributed by atoms with Crippen LogP contribution < -0.4 is 9.47 Å². The molecule has 0 unspecified atom stereocenters. The lowest BCUT2D eigenvalue weighted by Gasteiger charge is -2.11. The maximum atomic E-state index is 6.01. The first-order valence-electron chi connectivity index (χ1n) is 9.41. The van der Waals surface area contributed by atoms with Gasteiger partial charge in [-0.1, -0.05) is 24.3 Å². The van der Waals surface area contributed by atoms with Crippen LogP contribution in [0.3, 0.4) is 0 Å². The summed E-state index contributed by atoms with van der Waals surface area (Å²) in [6.45, 7) is 6.31. The Kier molecular flexibility index (Phi) is 5.24. The highest BCUT2D eigenvalue weighted by atomic mass is 16.5. The lowest BCUT2D eigenvalue weighted by atomic mass is 10.1. The highest BCUT2D eigenvalue weighted by Gasteiger charge is 2.13. The van der Waals surface area contributed by atoms with Crippen LogP contribution in [0.2, 0.25) is 0 Å². The maximum Gasteiger partial charge on any atom is 0.224 e. The van der Waals surface area contributed by atoms with Gasteiger partial charge in [-0.05, 0) is 56.7 Å². The summed E-state index contributed by atoms with van der Waals surface area (Å²) in [7, 11) is 0. The Morgan fingerprint density at radius 3 is 2.45 bits per heavy atom. The number of H-pyrrole nitrogens is 1. The number of nitrogens with zero attached hydrogens (tertiary/aromatic N) is 3. The highest BCUT2D eigenvalue weighted by molar-refractivity contribution is 5.60. The number of rotatable bonds is 6. The van der Waals surface area contributed by atoms with Crippen LogP contribution >= 0.6 is 0 Å². The molecule has 6 heteroatoms. The van der Waals surface area contributed by atoms with Crippen LogP contribution in [0, 0.1) is 20.8 Å². The van der Waals surface area contributed by atoms with Gasteiger partial charge in [0.05, 0.1) is 11.4 Å². The number of nitrogens with one attached hydrogen (secondary N) is 1. The van der Waals surface area contributed by atoms with Gasteiger partial charge >= 0.3 is 0 Å².